The number of benzene rings is 1. The van der Waals surface area contributed by atoms with Crippen LogP contribution in [-0.4, -0.2) is 25.2 Å². The molecule has 0 fully saturated rings. The zero-order valence-corrected chi connectivity index (χ0v) is 15.4. The van der Waals surface area contributed by atoms with Crippen LogP contribution in [0.2, 0.25) is 0 Å². The van der Waals surface area contributed by atoms with Gasteiger partial charge in [-0.15, -0.1) is 0 Å². The molecule has 0 aliphatic carbocycles. The third-order valence-corrected chi connectivity index (χ3v) is 4.10. The van der Waals surface area contributed by atoms with Crippen LogP contribution in [0.5, 0.6) is 0 Å². The van der Waals surface area contributed by atoms with Crippen molar-refractivity contribution in [2.75, 3.05) is 13.2 Å². The average Bonchev–Trinajstić information content (AvgIpc) is 2.61. The topological polar surface area (TPSA) is 88.4 Å². The van der Waals surface area contributed by atoms with Crippen molar-refractivity contribution in [1.29, 1.82) is 5.26 Å². The van der Waals surface area contributed by atoms with Gasteiger partial charge in [0.15, 0.2) is 0 Å². The number of esters is 2. The number of hydrogen-bond donors (Lipinski definition) is 1. The van der Waals surface area contributed by atoms with Crippen LogP contribution in [0.1, 0.15) is 44.7 Å². The summed E-state index contributed by atoms with van der Waals surface area (Å²) in [5.74, 6) is -1.67. The standard InChI is InChI=1S/C20H22N2O4/c1-5-25-19(23)16-12(3)22-13(4)17(20(24)26-6-2)18(16)15-9-7-8-14(10-15)11-21/h7-10,18,22H,5-6H2,1-4H3. The first kappa shape index (κ1) is 19.3. The van der Waals surface area contributed by atoms with Crippen molar-refractivity contribution in [1.82, 2.24) is 5.32 Å². The number of carbonyl (C=O) groups excluding carboxylic acids is 2. The van der Waals surface area contributed by atoms with Gasteiger partial charge in [-0.05, 0) is 45.4 Å². The number of carbonyl (C=O) groups is 2. The Morgan fingerprint density at radius 3 is 2.08 bits per heavy atom. The second-order valence-corrected chi connectivity index (χ2v) is 5.81. The molecule has 0 aromatic heterocycles. The Morgan fingerprint density at radius 2 is 1.62 bits per heavy atom. The second-order valence-electron chi connectivity index (χ2n) is 5.81. The van der Waals surface area contributed by atoms with E-state index < -0.39 is 17.9 Å². The van der Waals surface area contributed by atoms with E-state index in [1.165, 1.54) is 0 Å². The molecule has 0 radical (unpaired) electrons. The number of nitrogens with one attached hydrogen (secondary N) is 1. The minimum Gasteiger partial charge on any atom is -0.463 e. The molecule has 1 N–H and O–H groups in total. The Bertz CT molecular complexity index is 790. The first-order valence-electron chi connectivity index (χ1n) is 8.47. The third-order valence-electron chi connectivity index (χ3n) is 4.10. The smallest absolute Gasteiger partial charge is 0.336 e. The van der Waals surface area contributed by atoms with E-state index in [2.05, 4.69) is 11.4 Å². The summed E-state index contributed by atoms with van der Waals surface area (Å²) in [7, 11) is 0. The number of rotatable bonds is 5. The highest BCUT2D eigenvalue weighted by atomic mass is 16.5. The summed E-state index contributed by atoms with van der Waals surface area (Å²) < 4.78 is 10.4. The normalized spacial score (nSPS) is 14.6. The third kappa shape index (κ3) is 3.77. The van der Waals surface area contributed by atoms with Crippen LogP contribution in [0.3, 0.4) is 0 Å². The molecule has 0 bridgehead atoms. The molecule has 0 unspecified atom stereocenters. The highest BCUT2D eigenvalue weighted by molar-refractivity contribution is 5.99. The minimum atomic E-state index is -0.664. The Balaban J connectivity index is 2.67. The maximum absolute atomic E-state index is 12.6. The van der Waals surface area contributed by atoms with Crippen LogP contribution in [0.25, 0.3) is 0 Å². The Hall–Kier alpha value is -3.07. The Kier molecular flexibility index (Phi) is 6.18. The van der Waals surface area contributed by atoms with E-state index >= 15 is 0 Å². The van der Waals surface area contributed by atoms with Gasteiger partial charge in [0.2, 0.25) is 0 Å². The van der Waals surface area contributed by atoms with Crippen molar-refractivity contribution in [2.45, 2.75) is 33.6 Å². The molecule has 1 aliphatic heterocycles. The summed E-state index contributed by atoms with van der Waals surface area (Å²) in [6.45, 7) is 7.42. The maximum atomic E-state index is 12.6. The van der Waals surface area contributed by atoms with Crippen LogP contribution < -0.4 is 5.32 Å². The second kappa shape index (κ2) is 8.34. The van der Waals surface area contributed by atoms with E-state index in [-0.39, 0.29) is 13.2 Å². The van der Waals surface area contributed by atoms with Crippen molar-refractivity contribution in [3.63, 3.8) is 0 Å². The largest absolute Gasteiger partial charge is 0.463 e. The fraction of sp³-hybridized carbons (Fsp3) is 0.350. The van der Waals surface area contributed by atoms with Crippen molar-refractivity contribution in [3.8, 4) is 6.07 Å². The Labute approximate surface area is 153 Å². The van der Waals surface area contributed by atoms with Crippen molar-refractivity contribution in [3.05, 3.63) is 57.9 Å². The molecular weight excluding hydrogens is 332 g/mol. The highest BCUT2D eigenvalue weighted by Crippen LogP contribution is 2.39. The van der Waals surface area contributed by atoms with E-state index in [1.54, 1.807) is 52.0 Å². The van der Waals surface area contributed by atoms with Gasteiger partial charge >= 0.3 is 11.9 Å². The van der Waals surface area contributed by atoms with Crippen LogP contribution in [0.15, 0.2) is 46.8 Å². The number of nitrogens with zero attached hydrogens (tertiary/aromatic N) is 1. The molecule has 0 saturated carbocycles. The van der Waals surface area contributed by atoms with Crippen LogP contribution in [0, 0.1) is 11.3 Å². The highest BCUT2D eigenvalue weighted by Gasteiger charge is 2.37. The van der Waals surface area contributed by atoms with Gasteiger partial charge in [0.1, 0.15) is 0 Å². The predicted octanol–water partition coefficient (Wildman–Crippen LogP) is 2.92. The molecule has 1 heterocycles. The number of allylic oxidation sites excluding steroid dienone is 2. The maximum Gasteiger partial charge on any atom is 0.336 e. The molecule has 0 saturated heterocycles. The minimum absolute atomic E-state index is 0.220. The zero-order valence-electron chi connectivity index (χ0n) is 15.4. The van der Waals surface area contributed by atoms with Crippen molar-refractivity contribution < 1.29 is 19.1 Å². The quantitative estimate of drug-likeness (QED) is 0.818. The van der Waals surface area contributed by atoms with Gasteiger partial charge in [0.25, 0.3) is 0 Å². The lowest BCUT2D eigenvalue weighted by Crippen LogP contribution is -2.32. The van der Waals surface area contributed by atoms with E-state index in [9.17, 15) is 14.9 Å². The van der Waals surface area contributed by atoms with Gasteiger partial charge in [0.05, 0.1) is 41.9 Å². The fourth-order valence-corrected chi connectivity index (χ4v) is 3.07. The summed E-state index contributed by atoms with van der Waals surface area (Å²) in [5, 5.41) is 12.3. The van der Waals surface area contributed by atoms with Crippen LogP contribution in [-0.2, 0) is 19.1 Å². The van der Waals surface area contributed by atoms with Gasteiger partial charge in [-0.3, -0.25) is 0 Å². The predicted molar refractivity (Wildman–Crippen MR) is 95.7 cm³/mol. The lowest BCUT2D eigenvalue weighted by molar-refractivity contribution is -0.139. The van der Waals surface area contributed by atoms with E-state index in [0.29, 0.717) is 33.7 Å². The van der Waals surface area contributed by atoms with Gasteiger partial charge in [-0.25, -0.2) is 9.59 Å². The number of dihydropyridines is 1. The summed E-state index contributed by atoms with van der Waals surface area (Å²) in [6, 6.07) is 8.95. The lowest BCUT2D eigenvalue weighted by Gasteiger charge is -2.30. The van der Waals surface area contributed by atoms with Crippen molar-refractivity contribution in [2.24, 2.45) is 0 Å². The van der Waals surface area contributed by atoms with Crippen molar-refractivity contribution >= 4 is 11.9 Å². The molecule has 1 aromatic carbocycles. The van der Waals surface area contributed by atoms with Gasteiger partial charge in [0, 0.05) is 11.4 Å². The molecule has 0 atom stereocenters. The molecule has 2 rings (SSSR count). The SMILES string of the molecule is CCOC(=O)C1=C(C)NC(C)=C(C(=O)OCC)C1c1cccc(C#N)c1. The zero-order chi connectivity index (χ0) is 19.3. The summed E-state index contributed by atoms with van der Waals surface area (Å²) >= 11 is 0. The molecule has 1 aromatic rings. The molecule has 6 nitrogen and oxygen atoms in total. The monoisotopic (exact) mass is 354 g/mol. The molecular formula is C20H22N2O4. The molecule has 6 heteroatoms. The lowest BCUT2D eigenvalue weighted by atomic mass is 9.80. The molecule has 0 spiro atoms. The first-order chi connectivity index (χ1) is 12.4. The molecule has 1 aliphatic rings. The summed E-state index contributed by atoms with van der Waals surface area (Å²) in [6.07, 6.45) is 0. The van der Waals surface area contributed by atoms with E-state index in [1.807, 2.05) is 0 Å². The Morgan fingerprint density at radius 1 is 1.08 bits per heavy atom. The molecule has 26 heavy (non-hydrogen) atoms. The fourth-order valence-electron chi connectivity index (χ4n) is 3.07. The van der Waals surface area contributed by atoms with E-state index in [0.717, 1.165) is 0 Å². The molecule has 136 valence electrons. The summed E-state index contributed by atoms with van der Waals surface area (Å²) in [4.78, 5) is 25.2. The van der Waals surface area contributed by atoms with Gasteiger partial charge < -0.3 is 14.8 Å². The van der Waals surface area contributed by atoms with Crippen LogP contribution in [0.4, 0.5) is 0 Å². The number of nitriles is 1. The van der Waals surface area contributed by atoms with E-state index in [4.69, 9.17) is 9.47 Å². The number of hydrogen-bond acceptors (Lipinski definition) is 6. The summed E-state index contributed by atoms with van der Waals surface area (Å²) in [5.41, 5.74) is 3.02. The van der Waals surface area contributed by atoms with Gasteiger partial charge in [-0.1, -0.05) is 12.1 Å². The number of ether oxygens (including phenoxy) is 2. The van der Waals surface area contributed by atoms with Crippen LogP contribution >= 0.6 is 0 Å². The first-order valence-corrected chi connectivity index (χ1v) is 8.47. The molecule has 0 amide bonds. The average molecular weight is 354 g/mol. The van der Waals surface area contributed by atoms with Gasteiger partial charge in [-0.2, -0.15) is 5.26 Å².